The second kappa shape index (κ2) is 13.6. The number of hydrogen-bond acceptors (Lipinski definition) is 5. The highest BCUT2D eigenvalue weighted by atomic mass is 127. The van der Waals surface area contributed by atoms with Crippen molar-refractivity contribution in [3.05, 3.63) is 60.7 Å². The molecule has 1 aliphatic heterocycles. The van der Waals surface area contributed by atoms with Crippen LogP contribution in [0.1, 0.15) is 6.92 Å². The molecule has 1 N–H and O–H groups in total. The predicted octanol–water partition coefficient (Wildman–Crippen LogP) is 3.10. The van der Waals surface area contributed by atoms with Gasteiger partial charge in [0.05, 0.1) is 4.05 Å². The SMILES string of the molecule is CC(I)N1CCN(CC(O)COc2ccccc2)CC1.CN(C=O)c1ccccc1. The molecule has 7 heteroatoms. The summed E-state index contributed by atoms with van der Waals surface area (Å²) in [6, 6.07) is 19.1. The molecule has 1 aliphatic rings. The van der Waals surface area contributed by atoms with E-state index in [0.29, 0.717) is 17.2 Å². The molecule has 0 aromatic heterocycles. The van der Waals surface area contributed by atoms with Crippen LogP contribution < -0.4 is 9.64 Å². The number of carbonyl (C=O) groups excluding carboxylic acids is 1. The number of rotatable bonds is 8. The third kappa shape index (κ3) is 8.99. The number of β-amino-alcohol motifs (C(OH)–C–C–N with tert-alkyl or cyclic N) is 1. The van der Waals surface area contributed by atoms with Gasteiger partial charge in [-0.2, -0.15) is 0 Å². The molecule has 0 spiro atoms. The van der Waals surface area contributed by atoms with E-state index in [1.54, 1.807) is 7.05 Å². The molecule has 1 amide bonds. The quantitative estimate of drug-likeness (QED) is 0.249. The summed E-state index contributed by atoms with van der Waals surface area (Å²) in [6.45, 7) is 7.47. The van der Waals surface area contributed by atoms with Crippen LogP contribution in [0.3, 0.4) is 0 Å². The Balaban J connectivity index is 0.000000269. The summed E-state index contributed by atoms with van der Waals surface area (Å²) in [6.07, 6.45) is 0.355. The van der Waals surface area contributed by atoms with Crippen LogP contribution in [0.4, 0.5) is 5.69 Å². The van der Waals surface area contributed by atoms with E-state index in [9.17, 15) is 9.90 Å². The van der Waals surface area contributed by atoms with Gasteiger partial charge in [0.2, 0.25) is 6.41 Å². The van der Waals surface area contributed by atoms with Crippen molar-refractivity contribution in [2.24, 2.45) is 0 Å². The van der Waals surface area contributed by atoms with Gasteiger partial charge in [-0.15, -0.1) is 0 Å². The van der Waals surface area contributed by atoms with E-state index in [1.807, 2.05) is 60.7 Å². The van der Waals surface area contributed by atoms with Gasteiger partial charge >= 0.3 is 0 Å². The molecule has 2 aromatic carbocycles. The summed E-state index contributed by atoms with van der Waals surface area (Å²) in [5.74, 6) is 0.815. The average molecular weight is 525 g/mol. The monoisotopic (exact) mass is 525 g/mol. The van der Waals surface area contributed by atoms with Gasteiger partial charge in [-0.25, -0.2) is 0 Å². The molecule has 1 fully saturated rings. The zero-order valence-electron chi connectivity index (χ0n) is 17.7. The van der Waals surface area contributed by atoms with E-state index in [4.69, 9.17) is 4.74 Å². The molecule has 0 aliphatic carbocycles. The van der Waals surface area contributed by atoms with E-state index in [-0.39, 0.29) is 0 Å². The Bertz CT molecular complexity index is 710. The first-order valence-electron chi connectivity index (χ1n) is 10.2. The highest BCUT2D eigenvalue weighted by molar-refractivity contribution is 14.1. The number of piperazine rings is 1. The van der Waals surface area contributed by atoms with Crippen molar-refractivity contribution in [2.75, 3.05) is 51.3 Å². The predicted molar refractivity (Wildman–Crippen MR) is 130 cm³/mol. The van der Waals surface area contributed by atoms with Crippen molar-refractivity contribution in [3.8, 4) is 5.75 Å². The lowest BCUT2D eigenvalue weighted by molar-refractivity contribution is -0.107. The molecule has 1 heterocycles. The topological polar surface area (TPSA) is 56.2 Å². The van der Waals surface area contributed by atoms with Gasteiger partial charge in [-0.05, 0) is 31.2 Å². The Kier molecular flexibility index (Phi) is 11.1. The summed E-state index contributed by atoms with van der Waals surface area (Å²) < 4.78 is 6.16. The van der Waals surface area contributed by atoms with Crippen LogP contribution in [0, 0.1) is 0 Å². The van der Waals surface area contributed by atoms with Crippen molar-refractivity contribution in [3.63, 3.8) is 0 Å². The fraction of sp³-hybridized carbons (Fsp3) is 0.435. The Morgan fingerprint density at radius 1 is 1.07 bits per heavy atom. The third-order valence-electron chi connectivity index (χ3n) is 4.89. The van der Waals surface area contributed by atoms with Crippen LogP contribution in [0.25, 0.3) is 0 Å². The maximum absolute atomic E-state index is 10.2. The van der Waals surface area contributed by atoms with Crippen molar-refractivity contribution in [1.82, 2.24) is 9.80 Å². The number of alkyl halides is 1. The maximum atomic E-state index is 10.2. The van der Waals surface area contributed by atoms with E-state index in [1.165, 1.54) is 4.90 Å². The number of aliphatic hydroxyl groups is 1. The van der Waals surface area contributed by atoms with E-state index < -0.39 is 6.10 Å². The second-order valence-corrected chi connectivity index (χ2v) is 9.04. The molecule has 0 bridgehead atoms. The van der Waals surface area contributed by atoms with E-state index >= 15 is 0 Å². The largest absolute Gasteiger partial charge is 0.491 e. The molecule has 164 valence electrons. The number of benzene rings is 2. The highest BCUT2D eigenvalue weighted by Gasteiger charge is 2.21. The van der Waals surface area contributed by atoms with Crippen LogP contribution in [-0.2, 0) is 4.79 Å². The molecule has 0 radical (unpaired) electrons. The Labute approximate surface area is 193 Å². The first kappa shape index (κ1) is 24.6. The smallest absolute Gasteiger partial charge is 0.213 e. The van der Waals surface area contributed by atoms with Crippen LogP contribution in [0.15, 0.2) is 60.7 Å². The highest BCUT2D eigenvalue weighted by Crippen LogP contribution is 2.12. The molecule has 2 atom stereocenters. The molecule has 30 heavy (non-hydrogen) atoms. The summed E-state index contributed by atoms with van der Waals surface area (Å²) in [5, 5.41) is 10.1. The van der Waals surface area contributed by atoms with Gasteiger partial charge < -0.3 is 14.7 Å². The molecule has 2 unspecified atom stereocenters. The van der Waals surface area contributed by atoms with E-state index in [0.717, 1.165) is 44.0 Å². The number of carbonyl (C=O) groups is 1. The second-order valence-electron chi connectivity index (χ2n) is 7.24. The van der Waals surface area contributed by atoms with Crippen LogP contribution >= 0.6 is 22.6 Å². The van der Waals surface area contributed by atoms with Crippen molar-refractivity contribution >= 4 is 34.7 Å². The Hall–Kier alpha value is -1.68. The van der Waals surface area contributed by atoms with Crippen molar-refractivity contribution in [1.29, 1.82) is 0 Å². The van der Waals surface area contributed by atoms with Gasteiger partial charge in [-0.1, -0.05) is 59.0 Å². The standard InChI is InChI=1S/C15H23IN2O2.C8H9NO/c1-13(16)18-9-7-17(8-10-18)11-14(19)12-20-15-5-3-2-4-6-15;1-9(7-10)8-5-3-2-4-6-8/h2-6,13-14,19H,7-12H2,1H3;2-7H,1H3. The Morgan fingerprint density at radius 3 is 2.17 bits per heavy atom. The number of aliphatic hydroxyl groups excluding tert-OH is 1. The maximum Gasteiger partial charge on any atom is 0.213 e. The number of ether oxygens (including phenoxy) is 1. The fourth-order valence-electron chi connectivity index (χ4n) is 3.09. The zero-order valence-corrected chi connectivity index (χ0v) is 19.9. The molecule has 0 saturated carbocycles. The zero-order chi connectivity index (χ0) is 21.8. The van der Waals surface area contributed by atoms with Crippen LogP contribution in [-0.4, -0.2) is 77.8 Å². The number of para-hydroxylation sites is 2. The van der Waals surface area contributed by atoms with Gasteiger partial charge in [0, 0.05) is 45.5 Å². The summed E-state index contributed by atoms with van der Waals surface area (Å²) in [4.78, 5) is 16.5. The molecular formula is C23H32IN3O3. The molecule has 2 aromatic rings. The fourth-order valence-corrected chi connectivity index (χ4v) is 3.64. The minimum Gasteiger partial charge on any atom is -0.491 e. The number of anilines is 1. The summed E-state index contributed by atoms with van der Waals surface area (Å²) in [7, 11) is 1.72. The normalized spacial score (nSPS) is 16.7. The molecular weight excluding hydrogens is 493 g/mol. The number of nitrogens with zero attached hydrogens (tertiary/aromatic N) is 3. The van der Waals surface area contributed by atoms with E-state index in [2.05, 4.69) is 39.3 Å². The minimum absolute atomic E-state index is 0.354. The lowest BCUT2D eigenvalue weighted by Gasteiger charge is -2.36. The first-order valence-corrected chi connectivity index (χ1v) is 11.4. The van der Waals surface area contributed by atoms with Crippen molar-refractivity contribution < 1.29 is 14.6 Å². The molecule has 1 saturated heterocycles. The van der Waals surface area contributed by atoms with Gasteiger partial charge in [-0.3, -0.25) is 14.6 Å². The van der Waals surface area contributed by atoms with Gasteiger partial charge in [0.15, 0.2) is 0 Å². The first-order chi connectivity index (χ1) is 14.5. The number of hydrogen-bond donors (Lipinski definition) is 1. The lowest BCUT2D eigenvalue weighted by atomic mass is 10.2. The van der Waals surface area contributed by atoms with Crippen LogP contribution in [0.2, 0.25) is 0 Å². The van der Waals surface area contributed by atoms with Gasteiger partial charge in [0.1, 0.15) is 18.5 Å². The molecule has 6 nitrogen and oxygen atoms in total. The van der Waals surface area contributed by atoms with Crippen molar-refractivity contribution in [2.45, 2.75) is 17.1 Å². The lowest BCUT2D eigenvalue weighted by Crippen LogP contribution is -2.50. The average Bonchev–Trinajstić information content (AvgIpc) is 2.79. The molecule has 3 rings (SSSR count). The Morgan fingerprint density at radius 2 is 1.63 bits per heavy atom. The number of amides is 1. The van der Waals surface area contributed by atoms with Crippen LogP contribution in [0.5, 0.6) is 5.75 Å². The summed E-state index contributed by atoms with van der Waals surface area (Å²) >= 11 is 2.45. The minimum atomic E-state index is -0.432. The van der Waals surface area contributed by atoms with Gasteiger partial charge in [0.25, 0.3) is 0 Å². The number of halogens is 1. The summed E-state index contributed by atoms with van der Waals surface area (Å²) in [5.41, 5.74) is 0.914. The third-order valence-corrected chi connectivity index (χ3v) is 5.67.